The zero-order valence-electron chi connectivity index (χ0n) is 20.2. The summed E-state index contributed by atoms with van der Waals surface area (Å²) in [5.74, 6) is 1.30. The number of fused-ring (bicyclic) bond motifs is 1. The Morgan fingerprint density at radius 3 is 2.47 bits per heavy atom. The fourth-order valence-electron chi connectivity index (χ4n) is 3.87. The molecule has 5 aromatic rings. The molecule has 0 aliphatic carbocycles. The minimum absolute atomic E-state index is 0.340. The van der Waals surface area contributed by atoms with E-state index in [-0.39, 0.29) is 5.75 Å². The van der Waals surface area contributed by atoms with Crippen molar-refractivity contribution in [1.82, 2.24) is 24.9 Å². The van der Waals surface area contributed by atoms with E-state index >= 15 is 0 Å². The molecule has 3 heterocycles. The van der Waals surface area contributed by atoms with Crippen LogP contribution in [0.5, 0.6) is 5.75 Å². The largest absolute Gasteiger partial charge is 0.573 e. The van der Waals surface area contributed by atoms with E-state index in [0.717, 1.165) is 11.1 Å². The van der Waals surface area contributed by atoms with Crippen molar-refractivity contribution in [3.63, 3.8) is 0 Å². The standard InChI is InChI=1S/C26H21F3N8O/c1-15-8-9-19-23(34-14-35-25(19)36-16-5-3-6-17(11-16)38-26(27,28)29)22(15)37-24-18(7-4-10-31-24)20-12-21(30-2)33-13-32-20/h3-14H,1-2H3,(H,31,37)(H,30,32,33)(H,34,35,36). The molecular formula is C26H21F3N8O. The van der Waals surface area contributed by atoms with Gasteiger partial charge in [0.25, 0.3) is 0 Å². The van der Waals surface area contributed by atoms with Crippen LogP contribution >= 0.6 is 0 Å². The number of hydrogen-bond acceptors (Lipinski definition) is 9. The highest BCUT2D eigenvalue weighted by atomic mass is 19.4. The first-order valence-corrected chi connectivity index (χ1v) is 11.4. The molecule has 0 unspecified atom stereocenters. The maximum Gasteiger partial charge on any atom is 0.573 e. The van der Waals surface area contributed by atoms with Crippen LogP contribution in [0.2, 0.25) is 0 Å². The summed E-state index contributed by atoms with van der Waals surface area (Å²) in [6, 6.07) is 14.8. The van der Waals surface area contributed by atoms with Crippen LogP contribution in [0.3, 0.4) is 0 Å². The van der Waals surface area contributed by atoms with Gasteiger partial charge in [-0.2, -0.15) is 0 Å². The number of hydrogen-bond donors (Lipinski definition) is 3. The Kier molecular flexibility index (Phi) is 6.60. The fraction of sp³-hybridized carbons (Fsp3) is 0.115. The lowest BCUT2D eigenvalue weighted by Crippen LogP contribution is -2.17. The van der Waals surface area contributed by atoms with Gasteiger partial charge in [0.05, 0.1) is 16.9 Å². The van der Waals surface area contributed by atoms with Crippen molar-refractivity contribution in [2.75, 3.05) is 23.0 Å². The lowest BCUT2D eigenvalue weighted by Gasteiger charge is -2.16. The third kappa shape index (κ3) is 5.38. The molecule has 0 radical (unpaired) electrons. The predicted molar refractivity (Wildman–Crippen MR) is 139 cm³/mol. The van der Waals surface area contributed by atoms with Crippen LogP contribution in [0.1, 0.15) is 5.56 Å². The fourth-order valence-corrected chi connectivity index (χ4v) is 3.87. The van der Waals surface area contributed by atoms with Crippen molar-refractivity contribution in [1.29, 1.82) is 0 Å². The lowest BCUT2D eigenvalue weighted by molar-refractivity contribution is -0.274. The molecule has 0 saturated carbocycles. The third-order valence-electron chi connectivity index (χ3n) is 5.60. The van der Waals surface area contributed by atoms with Crippen LogP contribution in [0.25, 0.3) is 22.2 Å². The Balaban J connectivity index is 1.52. The van der Waals surface area contributed by atoms with Gasteiger partial charge in [0.2, 0.25) is 0 Å². The first-order valence-electron chi connectivity index (χ1n) is 11.4. The molecule has 3 N–H and O–H groups in total. The first-order chi connectivity index (χ1) is 18.3. The molecule has 0 atom stereocenters. The van der Waals surface area contributed by atoms with Gasteiger partial charge in [-0.25, -0.2) is 24.9 Å². The van der Waals surface area contributed by atoms with Crippen LogP contribution in [-0.4, -0.2) is 38.3 Å². The van der Waals surface area contributed by atoms with Gasteiger partial charge >= 0.3 is 6.36 Å². The highest BCUT2D eigenvalue weighted by molar-refractivity contribution is 6.00. The molecule has 2 aromatic carbocycles. The van der Waals surface area contributed by atoms with Gasteiger partial charge in [-0.3, -0.25) is 0 Å². The van der Waals surface area contributed by atoms with E-state index in [0.29, 0.717) is 45.4 Å². The zero-order valence-corrected chi connectivity index (χ0v) is 20.2. The minimum atomic E-state index is -4.79. The number of aryl methyl sites for hydroxylation is 1. The number of alkyl halides is 3. The summed E-state index contributed by atoms with van der Waals surface area (Å²) < 4.78 is 42.0. The van der Waals surface area contributed by atoms with Crippen LogP contribution in [0.4, 0.5) is 42.0 Å². The van der Waals surface area contributed by atoms with Gasteiger partial charge in [0, 0.05) is 42.0 Å². The number of ether oxygens (including phenoxy) is 1. The molecule has 0 fully saturated rings. The normalized spacial score (nSPS) is 11.3. The summed E-state index contributed by atoms with van der Waals surface area (Å²) >= 11 is 0. The SMILES string of the molecule is CNc1cc(-c2cccnc2Nc2c(C)ccc3c(Nc4cccc(OC(F)(F)F)c4)ncnc23)ncn1. The molecular weight excluding hydrogens is 497 g/mol. The van der Waals surface area contributed by atoms with Crippen molar-refractivity contribution < 1.29 is 17.9 Å². The number of rotatable bonds is 7. The van der Waals surface area contributed by atoms with Gasteiger partial charge in [-0.05, 0) is 42.8 Å². The zero-order chi connectivity index (χ0) is 26.7. The molecule has 5 rings (SSSR count). The predicted octanol–water partition coefficient (Wildman–Crippen LogP) is 6.22. The molecule has 0 spiro atoms. The van der Waals surface area contributed by atoms with E-state index in [9.17, 15) is 13.2 Å². The van der Waals surface area contributed by atoms with Crippen LogP contribution < -0.4 is 20.7 Å². The molecule has 12 heteroatoms. The van der Waals surface area contributed by atoms with Crippen LogP contribution in [-0.2, 0) is 0 Å². The number of pyridine rings is 1. The van der Waals surface area contributed by atoms with Gasteiger partial charge in [-0.1, -0.05) is 12.1 Å². The molecule has 3 aromatic heterocycles. The number of nitrogens with zero attached hydrogens (tertiary/aromatic N) is 5. The third-order valence-corrected chi connectivity index (χ3v) is 5.60. The average Bonchev–Trinajstić information content (AvgIpc) is 2.90. The van der Waals surface area contributed by atoms with E-state index in [1.54, 1.807) is 19.3 Å². The second kappa shape index (κ2) is 10.2. The van der Waals surface area contributed by atoms with Crippen LogP contribution in [0, 0.1) is 6.92 Å². The molecule has 0 aliphatic heterocycles. The highest BCUT2D eigenvalue weighted by Gasteiger charge is 2.31. The van der Waals surface area contributed by atoms with E-state index in [1.807, 2.05) is 37.3 Å². The van der Waals surface area contributed by atoms with Crippen LogP contribution in [0.15, 0.2) is 73.4 Å². The quantitative estimate of drug-likeness (QED) is 0.231. The maximum atomic E-state index is 12.7. The van der Waals surface area contributed by atoms with E-state index in [1.165, 1.54) is 30.9 Å². The summed E-state index contributed by atoms with van der Waals surface area (Å²) in [4.78, 5) is 21.9. The second-order valence-electron chi connectivity index (χ2n) is 8.14. The van der Waals surface area contributed by atoms with Crippen molar-refractivity contribution in [2.45, 2.75) is 13.3 Å². The van der Waals surface area contributed by atoms with Gasteiger partial charge in [0.1, 0.15) is 35.9 Å². The van der Waals surface area contributed by atoms with Gasteiger partial charge in [0.15, 0.2) is 0 Å². The molecule has 9 nitrogen and oxygen atoms in total. The van der Waals surface area contributed by atoms with Crippen molar-refractivity contribution in [3.05, 3.63) is 79.0 Å². The molecule has 38 heavy (non-hydrogen) atoms. The first kappa shape index (κ1) is 24.7. The minimum Gasteiger partial charge on any atom is -0.406 e. The van der Waals surface area contributed by atoms with Gasteiger partial charge in [-0.15, -0.1) is 13.2 Å². The van der Waals surface area contributed by atoms with Crippen molar-refractivity contribution in [3.8, 4) is 17.0 Å². The Hall–Kier alpha value is -5.00. The number of halogens is 3. The summed E-state index contributed by atoms with van der Waals surface area (Å²) in [6.07, 6.45) is -0.261. The lowest BCUT2D eigenvalue weighted by atomic mass is 10.1. The number of nitrogens with one attached hydrogen (secondary N) is 3. The van der Waals surface area contributed by atoms with E-state index < -0.39 is 6.36 Å². The summed E-state index contributed by atoms with van der Waals surface area (Å²) in [6.45, 7) is 1.93. The summed E-state index contributed by atoms with van der Waals surface area (Å²) in [5, 5.41) is 10.1. The monoisotopic (exact) mass is 518 g/mol. The second-order valence-corrected chi connectivity index (χ2v) is 8.14. The topological polar surface area (TPSA) is 110 Å². The molecule has 0 bridgehead atoms. The van der Waals surface area contributed by atoms with Gasteiger partial charge < -0.3 is 20.7 Å². The Morgan fingerprint density at radius 1 is 0.816 bits per heavy atom. The Bertz CT molecular complexity index is 1610. The van der Waals surface area contributed by atoms with Crippen molar-refractivity contribution >= 4 is 39.7 Å². The Morgan fingerprint density at radius 2 is 1.66 bits per heavy atom. The molecule has 192 valence electrons. The summed E-state index contributed by atoms with van der Waals surface area (Å²) in [5.41, 5.74) is 4.01. The Labute approximate surface area is 215 Å². The summed E-state index contributed by atoms with van der Waals surface area (Å²) in [7, 11) is 1.78. The molecule has 0 saturated heterocycles. The van der Waals surface area contributed by atoms with E-state index in [2.05, 4.69) is 45.6 Å². The molecule has 0 amide bonds. The molecule has 0 aliphatic rings. The van der Waals surface area contributed by atoms with Crippen molar-refractivity contribution in [2.24, 2.45) is 0 Å². The van der Waals surface area contributed by atoms with E-state index in [4.69, 9.17) is 0 Å². The average molecular weight is 519 g/mol. The maximum absolute atomic E-state index is 12.7. The number of aromatic nitrogens is 5. The number of benzene rings is 2. The smallest absolute Gasteiger partial charge is 0.406 e. The highest BCUT2D eigenvalue weighted by Crippen LogP contribution is 2.35. The number of anilines is 5.